The lowest BCUT2D eigenvalue weighted by molar-refractivity contribution is 0.167. The lowest BCUT2D eigenvalue weighted by Gasteiger charge is -2.36. The largest absolute Gasteiger partial charge is 0.508 e. The minimum absolute atomic E-state index is 0.357. The van der Waals surface area contributed by atoms with Crippen LogP contribution in [0, 0.1) is 0 Å². The fourth-order valence-corrected chi connectivity index (χ4v) is 2.66. The number of benzene rings is 1. The van der Waals surface area contributed by atoms with E-state index < -0.39 is 0 Å². The maximum absolute atomic E-state index is 9.46. The minimum atomic E-state index is 0.357. The summed E-state index contributed by atoms with van der Waals surface area (Å²) in [5.41, 5.74) is 2.49. The van der Waals surface area contributed by atoms with E-state index in [0.29, 0.717) is 11.7 Å². The van der Waals surface area contributed by atoms with Crippen LogP contribution in [-0.4, -0.2) is 36.2 Å². The van der Waals surface area contributed by atoms with Crippen LogP contribution < -0.4 is 5.32 Å². The third-order valence-electron chi connectivity index (χ3n) is 3.71. The van der Waals surface area contributed by atoms with Gasteiger partial charge >= 0.3 is 0 Å². The zero-order chi connectivity index (χ0) is 11.0. The van der Waals surface area contributed by atoms with Gasteiger partial charge in [-0.3, -0.25) is 0 Å². The van der Waals surface area contributed by atoms with Crippen LogP contribution in [0.4, 0.5) is 5.69 Å². The van der Waals surface area contributed by atoms with Crippen molar-refractivity contribution in [3.63, 3.8) is 0 Å². The molecular formula is C13H18N2O. The van der Waals surface area contributed by atoms with E-state index in [2.05, 4.69) is 16.3 Å². The maximum atomic E-state index is 9.46. The molecule has 86 valence electrons. The first kappa shape index (κ1) is 9.97. The first-order valence-corrected chi connectivity index (χ1v) is 6.12. The fraction of sp³-hybridized carbons (Fsp3) is 0.538. The van der Waals surface area contributed by atoms with Gasteiger partial charge in [0.05, 0.1) is 0 Å². The number of aromatic hydroxyl groups is 1. The molecule has 2 aliphatic rings. The standard InChI is InChI=1S/C13H18N2O/c16-11-2-3-12-10(9-15-6-1-7-15)4-5-14-13(12)8-11/h2-3,8,10,14,16H,1,4-7,9H2. The summed E-state index contributed by atoms with van der Waals surface area (Å²) >= 11 is 0. The molecule has 0 aliphatic carbocycles. The Morgan fingerprint density at radius 3 is 3.00 bits per heavy atom. The van der Waals surface area contributed by atoms with Gasteiger partial charge in [0.25, 0.3) is 0 Å². The van der Waals surface area contributed by atoms with Crippen molar-refractivity contribution >= 4 is 5.69 Å². The third kappa shape index (κ3) is 1.76. The predicted molar refractivity (Wildman–Crippen MR) is 65.0 cm³/mol. The second-order valence-corrected chi connectivity index (χ2v) is 4.84. The monoisotopic (exact) mass is 218 g/mol. The Labute approximate surface area is 96.1 Å². The average molecular weight is 218 g/mol. The summed E-state index contributed by atoms with van der Waals surface area (Å²) in [6.45, 7) is 4.73. The molecule has 16 heavy (non-hydrogen) atoms. The Bertz CT molecular complexity index is 388. The van der Waals surface area contributed by atoms with Crippen LogP contribution in [0.15, 0.2) is 18.2 Å². The van der Waals surface area contributed by atoms with Crippen molar-refractivity contribution in [2.24, 2.45) is 0 Å². The molecule has 1 aromatic carbocycles. The Kier molecular flexibility index (Phi) is 2.48. The van der Waals surface area contributed by atoms with E-state index in [-0.39, 0.29) is 0 Å². The predicted octanol–water partition coefficient (Wildman–Crippen LogP) is 2.00. The van der Waals surface area contributed by atoms with Crippen molar-refractivity contribution in [3.05, 3.63) is 23.8 Å². The molecule has 3 nitrogen and oxygen atoms in total. The van der Waals surface area contributed by atoms with Crippen molar-refractivity contribution in [1.29, 1.82) is 0 Å². The normalized spacial score (nSPS) is 24.4. The molecule has 3 heteroatoms. The number of hydrogen-bond donors (Lipinski definition) is 2. The Balaban J connectivity index is 1.81. The first-order chi connectivity index (χ1) is 7.83. The average Bonchev–Trinajstić information content (AvgIpc) is 2.23. The molecule has 1 unspecified atom stereocenters. The molecule has 0 amide bonds. The number of phenols is 1. The van der Waals surface area contributed by atoms with Gasteiger partial charge in [-0.15, -0.1) is 0 Å². The molecule has 2 heterocycles. The van der Waals surface area contributed by atoms with Crippen molar-refractivity contribution < 1.29 is 5.11 Å². The van der Waals surface area contributed by atoms with Gasteiger partial charge in [-0.1, -0.05) is 6.07 Å². The third-order valence-corrected chi connectivity index (χ3v) is 3.71. The summed E-state index contributed by atoms with van der Waals surface area (Å²) in [7, 11) is 0. The minimum Gasteiger partial charge on any atom is -0.508 e. The van der Waals surface area contributed by atoms with Gasteiger partial charge in [0, 0.05) is 30.8 Å². The summed E-state index contributed by atoms with van der Waals surface area (Å²) in [6.07, 6.45) is 2.56. The van der Waals surface area contributed by atoms with Crippen molar-refractivity contribution in [3.8, 4) is 5.75 Å². The summed E-state index contributed by atoms with van der Waals surface area (Å²) < 4.78 is 0. The van der Waals surface area contributed by atoms with Crippen LogP contribution in [0.5, 0.6) is 5.75 Å². The van der Waals surface area contributed by atoms with Crippen LogP contribution in [0.1, 0.15) is 24.3 Å². The highest BCUT2D eigenvalue weighted by Gasteiger charge is 2.24. The van der Waals surface area contributed by atoms with E-state index in [1.165, 1.54) is 38.0 Å². The first-order valence-electron chi connectivity index (χ1n) is 6.12. The number of nitrogens with zero attached hydrogens (tertiary/aromatic N) is 1. The van der Waals surface area contributed by atoms with Gasteiger partial charge < -0.3 is 15.3 Å². The zero-order valence-electron chi connectivity index (χ0n) is 9.45. The van der Waals surface area contributed by atoms with E-state index in [4.69, 9.17) is 0 Å². The Hall–Kier alpha value is -1.22. The number of rotatable bonds is 2. The van der Waals surface area contributed by atoms with Crippen LogP contribution in [-0.2, 0) is 0 Å². The topological polar surface area (TPSA) is 35.5 Å². The van der Waals surface area contributed by atoms with Crippen molar-refractivity contribution in [2.75, 3.05) is 31.5 Å². The van der Waals surface area contributed by atoms with Crippen molar-refractivity contribution in [1.82, 2.24) is 4.90 Å². The summed E-state index contributed by atoms with van der Waals surface area (Å²) in [6, 6.07) is 5.72. The number of phenolic OH excluding ortho intramolecular Hbond substituents is 1. The second kappa shape index (κ2) is 3.98. The molecule has 0 radical (unpaired) electrons. The lowest BCUT2D eigenvalue weighted by atomic mass is 9.89. The van der Waals surface area contributed by atoms with E-state index in [0.717, 1.165) is 12.2 Å². The summed E-state index contributed by atoms with van der Waals surface area (Å²) in [4.78, 5) is 2.52. The van der Waals surface area contributed by atoms with Crippen LogP contribution in [0.25, 0.3) is 0 Å². The molecule has 1 aromatic rings. The summed E-state index contributed by atoms with van der Waals surface area (Å²) in [5, 5.41) is 12.8. The summed E-state index contributed by atoms with van der Waals surface area (Å²) in [5.74, 6) is 0.994. The van der Waals surface area contributed by atoms with Gasteiger partial charge in [0.15, 0.2) is 0 Å². The molecular weight excluding hydrogens is 200 g/mol. The maximum Gasteiger partial charge on any atom is 0.117 e. The van der Waals surface area contributed by atoms with E-state index >= 15 is 0 Å². The highest BCUT2D eigenvalue weighted by Crippen LogP contribution is 2.34. The van der Waals surface area contributed by atoms with Crippen LogP contribution >= 0.6 is 0 Å². The highest BCUT2D eigenvalue weighted by atomic mass is 16.3. The van der Waals surface area contributed by atoms with E-state index in [9.17, 15) is 5.11 Å². The van der Waals surface area contributed by atoms with E-state index in [1.54, 1.807) is 6.07 Å². The molecule has 1 atom stereocenters. The van der Waals surface area contributed by atoms with Crippen molar-refractivity contribution in [2.45, 2.75) is 18.8 Å². The highest BCUT2D eigenvalue weighted by molar-refractivity contribution is 5.58. The molecule has 1 fully saturated rings. The molecule has 0 spiro atoms. The molecule has 0 aromatic heterocycles. The molecule has 1 saturated heterocycles. The number of hydrogen-bond acceptors (Lipinski definition) is 3. The Morgan fingerprint density at radius 2 is 2.25 bits per heavy atom. The quantitative estimate of drug-likeness (QED) is 0.797. The SMILES string of the molecule is Oc1ccc2c(c1)NCCC2CN1CCC1. The zero-order valence-corrected chi connectivity index (χ0v) is 9.45. The van der Waals surface area contributed by atoms with Gasteiger partial charge in [-0.2, -0.15) is 0 Å². The lowest BCUT2D eigenvalue weighted by Crippen LogP contribution is -2.40. The van der Waals surface area contributed by atoms with Crippen LogP contribution in [0.3, 0.4) is 0 Å². The molecule has 2 aliphatic heterocycles. The van der Waals surface area contributed by atoms with Gasteiger partial charge in [-0.25, -0.2) is 0 Å². The molecule has 3 rings (SSSR count). The number of anilines is 1. The van der Waals surface area contributed by atoms with E-state index in [1.807, 2.05) is 6.07 Å². The molecule has 0 saturated carbocycles. The van der Waals surface area contributed by atoms with Crippen LogP contribution in [0.2, 0.25) is 0 Å². The molecule has 2 N–H and O–H groups in total. The van der Waals surface area contributed by atoms with Gasteiger partial charge in [0.2, 0.25) is 0 Å². The van der Waals surface area contributed by atoms with Gasteiger partial charge in [-0.05, 0) is 37.6 Å². The van der Waals surface area contributed by atoms with Gasteiger partial charge in [0.1, 0.15) is 5.75 Å². The second-order valence-electron chi connectivity index (χ2n) is 4.84. The number of nitrogens with one attached hydrogen (secondary N) is 1. The number of fused-ring (bicyclic) bond motifs is 1. The number of likely N-dealkylation sites (tertiary alicyclic amines) is 1. The fourth-order valence-electron chi connectivity index (χ4n) is 2.66. The Morgan fingerprint density at radius 1 is 1.38 bits per heavy atom. The smallest absolute Gasteiger partial charge is 0.117 e. The molecule has 0 bridgehead atoms.